The van der Waals surface area contributed by atoms with Crippen molar-refractivity contribution in [2.45, 2.75) is 6.92 Å². The third kappa shape index (κ3) is 3.35. The van der Waals surface area contributed by atoms with Crippen molar-refractivity contribution in [3.05, 3.63) is 58.8 Å². The van der Waals surface area contributed by atoms with Crippen LogP contribution in [0.5, 0.6) is 5.75 Å². The average molecular weight is 385 g/mol. The number of hydrogen-bond donors (Lipinski definition) is 0. The maximum Gasteiger partial charge on any atom is 0.289 e. The number of anilines is 1. The van der Waals surface area contributed by atoms with E-state index in [0.717, 1.165) is 29.2 Å². The summed E-state index contributed by atoms with van der Waals surface area (Å²) in [5.74, 6) is 0.894. The molecule has 0 radical (unpaired) electrons. The first-order chi connectivity index (χ1) is 13.1. The number of amides is 1. The smallest absolute Gasteiger partial charge is 0.289 e. The van der Waals surface area contributed by atoms with Crippen LogP contribution >= 0.6 is 11.6 Å². The number of methoxy groups -OCH3 is 1. The second kappa shape index (κ2) is 7.16. The monoisotopic (exact) mass is 384 g/mol. The number of para-hydroxylation sites is 1. The zero-order valence-corrected chi connectivity index (χ0v) is 16.1. The number of nitrogens with zero attached hydrogens (tertiary/aromatic N) is 2. The van der Waals surface area contributed by atoms with Crippen molar-refractivity contribution < 1.29 is 13.9 Å². The Morgan fingerprint density at radius 1 is 1.11 bits per heavy atom. The van der Waals surface area contributed by atoms with Crippen LogP contribution in [0.3, 0.4) is 0 Å². The molecule has 2 aromatic carbocycles. The van der Waals surface area contributed by atoms with Gasteiger partial charge in [0.05, 0.1) is 7.11 Å². The molecule has 0 atom stereocenters. The Kier molecular flexibility index (Phi) is 4.70. The standard InChI is InChI=1S/C21H21ClN2O3/c1-14-6-7-16(22)13-17(14)23-8-10-24(11-9-23)21(25)19-12-15-4-3-5-18(26-2)20(15)27-19/h3-7,12-13H,8-11H2,1-2H3. The van der Waals surface area contributed by atoms with Crippen LogP contribution < -0.4 is 9.64 Å². The van der Waals surface area contributed by atoms with Crippen molar-refractivity contribution in [3.63, 3.8) is 0 Å². The van der Waals surface area contributed by atoms with Crippen molar-refractivity contribution >= 4 is 34.2 Å². The summed E-state index contributed by atoms with van der Waals surface area (Å²) in [6.07, 6.45) is 0. The summed E-state index contributed by atoms with van der Waals surface area (Å²) in [7, 11) is 1.59. The molecule has 0 spiro atoms. The van der Waals surface area contributed by atoms with E-state index in [2.05, 4.69) is 11.8 Å². The van der Waals surface area contributed by atoms with Gasteiger partial charge >= 0.3 is 0 Å². The lowest BCUT2D eigenvalue weighted by Gasteiger charge is -2.36. The molecular weight excluding hydrogens is 364 g/mol. The lowest BCUT2D eigenvalue weighted by Crippen LogP contribution is -2.48. The fourth-order valence-corrected chi connectivity index (χ4v) is 3.70. The van der Waals surface area contributed by atoms with Gasteiger partial charge in [-0.1, -0.05) is 29.8 Å². The molecule has 2 heterocycles. The molecule has 1 amide bonds. The first-order valence-electron chi connectivity index (χ1n) is 8.94. The summed E-state index contributed by atoms with van der Waals surface area (Å²) in [6, 6.07) is 13.3. The minimum Gasteiger partial charge on any atom is -0.493 e. The van der Waals surface area contributed by atoms with E-state index < -0.39 is 0 Å². The Morgan fingerprint density at radius 3 is 2.63 bits per heavy atom. The number of ether oxygens (including phenoxy) is 1. The maximum atomic E-state index is 12.9. The van der Waals surface area contributed by atoms with Crippen LogP contribution in [0.4, 0.5) is 5.69 Å². The SMILES string of the molecule is COc1cccc2cc(C(=O)N3CCN(c4cc(Cl)ccc4C)CC3)oc12. The van der Waals surface area contributed by atoms with Gasteiger partial charge in [0.25, 0.3) is 5.91 Å². The highest BCUT2D eigenvalue weighted by molar-refractivity contribution is 6.30. The molecule has 0 bridgehead atoms. The van der Waals surface area contributed by atoms with E-state index in [1.807, 2.05) is 41.3 Å². The number of aryl methyl sites for hydroxylation is 1. The molecule has 1 saturated heterocycles. The Bertz CT molecular complexity index is 990. The lowest BCUT2D eigenvalue weighted by atomic mass is 10.1. The quantitative estimate of drug-likeness (QED) is 0.672. The van der Waals surface area contributed by atoms with E-state index >= 15 is 0 Å². The van der Waals surface area contributed by atoms with E-state index in [1.54, 1.807) is 13.2 Å². The average Bonchev–Trinajstić information content (AvgIpc) is 3.14. The van der Waals surface area contributed by atoms with Crippen LogP contribution in [0.25, 0.3) is 11.0 Å². The predicted octanol–water partition coefficient (Wildman–Crippen LogP) is 4.37. The molecule has 0 unspecified atom stereocenters. The van der Waals surface area contributed by atoms with Gasteiger partial charge in [-0.15, -0.1) is 0 Å². The normalized spacial score (nSPS) is 14.6. The summed E-state index contributed by atoms with van der Waals surface area (Å²) >= 11 is 6.14. The maximum absolute atomic E-state index is 12.9. The number of halogens is 1. The molecule has 1 aliphatic rings. The molecule has 1 aromatic heterocycles. The van der Waals surface area contributed by atoms with Crippen molar-refractivity contribution in [1.29, 1.82) is 0 Å². The molecular formula is C21H21ClN2O3. The highest BCUT2D eigenvalue weighted by Crippen LogP contribution is 2.30. The van der Waals surface area contributed by atoms with Gasteiger partial charge in [0.1, 0.15) is 0 Å². The third-order valence-electron chi connectivity index (χ3n) is 5.02. The van der Waals surface area contributed by atoms with Gasteiger partial charge in [0.2, 0.25) is 0 Å². The number of carbonyl (C=O) groups excluding carboxylic acids is 1. The van der Waals surface area contributed by atoms with Crippen molar-refractivity contribution in [3.8, 4) is 5.75 Å². The molecule has 140 valence electrons. The largest absolute Gasteiger partial charge is 0.493 e. The summed E-state index contributed by atoms with van der Waals surface area (Å²) in [6.45, 7) is 4.87. The molecule has 6 heteroatoms. The summed E-state index contributed by atoms with van der Waals surface area (Å²) < 4.78 is 11.1. The van der Waals surface area contributed by atoms with Crippen molar-refractivity contribution in [1.82, 2.24) is 4.90 Å². The number of benzene rings is 2. The molecule has 5 nitrogen and oxygen atoms in total. The predicted molar refractivity (Wildman–Crippen MR) is 107 cm³/mol. The number of piperazine rings is 1. The number of carbonyl (C=O) groups is 1. The zero-order valence-electron chi connectivity index (χ0n) is 15.4. The van der Waals surface area contributed by atoms with E-state index in [9.17, 15) is 4.79 Å². The first-order valence-corrected chi connectivity index (χ1v) is 9.31. The second-order valence-corrected chi connectivity index (χ2v) is 7.14. The van der Waals surface area contributed by atoms with Gasteiger partial charge in [0, 0.05) is 42.3 Å². The zero-order chi connectivity index (χ0) is 19.0. The topological polar surface area (TPSA) is 45.9 Å². The van der Waals surface area contributed by atoms with Gasteiger partial charge in [-0.3, -0.25) is 4.79 Å². The number of rotatable bonds is 3. The molecule has 4 rings (SSSR count). The van der Waals surface area contributed by atoms with Crippen LogP contribution in [-0.2, 0) is 0 Å². The van der Waals surface area contributed by atoms with Crippen molar-refractivity contribution in [2.75, 3.05) is 38.2 Å². The van der Waals surface area contributed by atoms with Crippen molar-refractivity contribution in [2.24, 2.45) is 0 Å². The first kappa shape index (κ1) is 17.7. The molecule has 3 aromatic rings. The summed E-state index contributed by atoms with van der Waals surface area (Å²) in [5.41, 5.74) is 2.92. The summed E-state index contributed by atoms with van der Waals surface area (Å²) in [4.78, 5) is 17.0. The molecule has 0 N–H and O–H groups in total. The lowest BCUT2D eigenvalue weighted by molar-refractivity contribution is 0.0717. The van der Waals surface area contributed by atoms with Gasteiger partial charge < -0.3 is 19.0 Å². The van der Waals surface area contributed by atoms with E-state index in [0.29, 0.717) is 30.2 Å². The number of fused-ring (bicyclic) bond motifs is 1. The molecule has 1 fully saturated rings. The van der Waals surface area contributed by atoms with Gasteiger partial charge in [-0.25, -0.2) is 0 Å². The number of hydrogen-bond acceptors (Lipinski definition) is 4. The highest BCUT2D eigenvalue weighted by Gasteiger charge is 2.25. The van der Waals surface area contributed by atoms with Crippen LogP contribution in [-0.4, -0.2) is 44.1 Å². The fourth-order valence-electron chi connectivity index (χ4n) is 3.53. The van der Waals surface area contributed by atoms with Crippen LogP contribution in [0.2, 0.25) is 5.02 Å². The Labute approximate surface area is 163 Å². The molecule has 0 aliphatic carbocycles. The van der Waals surface area contributed by atoms with Gasteiger partial charge in [-0.2, -0.15) is 0 Å². The van der Waals surface area contributed by atoms with E-state index in [4.69, 9.17) is 20.8 Å². The van der Waals surface area contributed by atoms with Crippen LogP contribution in [0.1, 0.15) is 16.1 Å². The van der Waals surface area contributed by atoms with Gasteiger partial charge in [-0.05, 0) is 36.8 Å². The second-order valence-electron chi connectivity index (χ2n) is 6.70. The highest BCUT2D eigenvalue weighted by atomic mass is 35.5. The molecule has 1 aliphatic heterocycles. The molecule has 27 heavy (non-hydrogen) atoms. The minimum atomic E-state index is -0.0873. The Morgan fingerprint density at radius 2 is 1.89 bits per heavy atom. The minimum absolute atomic E-state index is 0.0873. The third-order valence-corrected chi connectivity index (χ3v) is 5.25. The van der Waals surface area contributed by atoms with Crippen LogP contribution in [0, 0.1) is 6.92 Å². The Balaban J connectivity index is 1.50. The summed E-state index contributed by atoms with van der Waals surface area (Å²) in [5, 5.41) is 1.59. The van der Waals surface area contributed by atoms with Gasteiger partial charge in [0.15, 0.2) is 17.1 Å². The van der Waals surface area contributed by atoms with E-state index in [-0.39, 0.29) is 5.91 Å². The van der Waals surface area contributed by atoms with Crippen LogP contribution in [0.15, 0.2) is 46.9 Å². The fraction of sp³-hybridized carbons (Fsp3) is 0.286. The Hall–Kier alpha value is -2.66. The molecule has 0 saturated carbocycles. The van der Waals surface area contributed by atoms with E-state index in [1.165, 1.54) is 5.56 Å². The number of furan rings is 1.